The Balaban J connectivity index is 1.53. The largest absolute Gasteiger partial charge is 0.363 e. The standard InChI is InChI=1S/C28H37N3S/c1-5-7-8-17-30-25-10-11-26(30)19-27(18-25)31-20-21(3)32-22(4)28(31)12-9-23(6-2)24-13-15-29-16-14-24/h5-7,9,12-16,25-27H,3,8,10-11,17-20H2,1-2,4H3/b7-5-,12-9-,23-6+. The van der Waals surface area contributed by atoms with Crippen molar-refractivity contribution in [3.8, 4) is 0 Å². The Hall–Kier alpha value is -2.04. The van der Waals surface area contributed by atoms with Gasteiger partial charge in [-0.2, -0.15) is 0 Å². The number of rotatable bonds is 7. The van der Waals surface area contributed by atoms with Crippen molar-refractivity contribution >= 4 is 17.3 Å². The molecule has 0 saturated carbocycles. The summed E-state index contributed by atoms with van der Waals surface area (Å²) in [5, 5.41) is 0. The fourth-order valence-corrected chi connectivity index (χ4v) is 6.57. The maximum atomic E-state index is 4.35. The molecule has 4 heteroatoms. The van der Waals surface area contributed by atoms with E-state index in [2.05, 4.69) is 84.6 Å². The highest BCUT2D eigenvalue weighted by molar-refractivity contribution is 8.06. The first-order valence-corrected chi connectivity index (χ1v) is 12.9. The third kappa shape index (κ3) is 5.13. The molecule has 2 atom stereocenters. The van der Waals surface area contributed by atoms with E-state index in [-0.39, 0.29) is 0 Å². The molecule has 1 aromatic rings. The maximum Gasteiger partial charge on any atom is 0.0489 e. The van der Waals surface area contributed by atoms with Crippen LogP contribution in [0.2, 0.25) is 0 Å². The van der Waals surface area contributed by atoms with Crippen LogP contribution < -0.4 is 0 Å². The molecule has 2 saturated heterocycles. The van der Waals surface area contributed by atoms with Gasteiger partial charge in [-0.25, -0.2) is 0 Å². The normalized spacial score (nSPS) is 27.3. The van der Waals surface area contributed by atoms with Gasteiger partial charge in [0.1, 0.15) is 0 Å². The van der Waals surface area contributed by atoms with Gasteiger partial charge in [0.25, 0.3) is 0 Å². The van der Waals surface area contributed by atoms with Crippen LogP contribution in [0.15, 0.2) is 77.0 Å². The summed E-state index contributed by atoms with van der Waals surface area (Å²) in [6, 6.07) is 6.24. The molecule has 0 amide bonds. The van der Waals surface area contributed by atoms with Crippen LogP contribution in [0.4, 0.5) is 0 Å². The SMILES string of the molecule is C=C1CN(C2CC3CCC(C2)N3CC/C=C\C)C(/C=C\C(=C/C)c2ccncc2)=C(C)S1. The van der Waals surface area contributed by atoms with Gasteiger partial charge in [-0.1, -0.05) is 42.6 Å². The molecular weight excluding hydrogens is 410 g/mol. The molecule has 1 aromatic heterocycles. The Labute approximate surface area is 198 Å². The number of thioether (sulfide) groups is 1. The molecule has 3 aliphatic rings. The highest BCUT2D eigenvalue weighted by Gasteiger charge is 2.42. The molecule has 2 fully saturated rings. The van der Waals surface area contributed by atoms with Crippen molar-refractivity contribution in [1.29, 1.82) is 0 Å². The zero-order valence-corrected chi connectivity index (χ0v) is 20.7. The second kappa shape index (κ2) is 10.7. The molecule has 0 N–H and O–H groups in total. The number of hydrogen-bond acceptors (Lipinski definition) is 4. The number of pyridine rings is 1. The minimum atomic E-state index is 0.604. The van der Waals surface area contributed by atoms with E-state index in [1.807, 2.05) is 24.2 Å². The van der Waals surface area contributed by atoms with Crippen LogP contribution in [-0.4, -0.2) is 46.0 Å². The highest BCUT2D eigenvalue weighted by Crippen LogP contribution is 2.43. The van der Waals surface area contributed by atoms with Gasteiger partial charge in [0, 0.05) is 59.1 Å². The number of nitrogens with zero attached hydrogens (tertiary/aromatic N) is 3. The summed E-state index contributed by atoms with van der Waals surface area (Å²) >= 11 is 1.85. The van der Waals surface area contributed by atoms with Crippen molar-refractivity contribution in [1.82, 2.24) is 14.8 Å². The molecule has 0 spiro atoms. The first kappa shape index (κ1) is 23.1. The second-order valence-electron chi connectivity index (χ2n) is 9.13. The van der Waals surface area contributed by atoms with Gasteiger partial charge in [0.2, 0.25) is 0 Å². The van der Waals surface area contributed by atoms with Crippen LogP contribution in [0.25, 0.3) is 5.57 Å². The molecule has 3 aliphatic heterocycles. The van der Waals surface area contributed by atoms with E-state index < -0.39 is 0 Å². The molecule has 0 radical (unpaired) electrons. The monoisotopic (exact) mass is 447 g/mol. The lowest BCUT2D eigenvalue weighted by molar-refractivity contribution is 0.0807. The zero-order valence-electron chi connectivity index (χ0n) is 19.8. The predicted octanol–water partition coefficient (Wildman–Crippen LogP) is 6.80. The van der Waals surface area contributed by atoms with Gasteiger partial charge >= 0.3 is 0 Å². The molecule has 4 rings (SSSR count). The van der Waals surface area contributed by atoms with Crippen LogP contribution in [0, 0.1) is 0 Å². The first-order valence-electron chi connectivity index (χ1n) is 12.1. The van der Waals surface area contributed by atoms with E-state index in [9.17, 15) is 0 Å². The van der Waals surface area contributed by atoms with Gasteiger partial charge < -0.3 is 4.90 Å². The van der Waals surface area contributed by atoms with Crippen molar-refractivity contribution in [3.63, 3.8) is 0 Å². The minimum Gasteiger partial charge on any atom is -0.363 e. The van der Waals surface area contributed by atoms with Gasteiger partial charge in [-0.3, -0.25) is 9.88 Å². The van der Waals surface area contributed by atoms with E-state index in [0.29, 0.717) is 6.04 Å². The Morgan fingerprint density at radius 2 is 1.88 bits per heavy atom. The van der Waals surface area contributed by atoms with Crippen molar-refractivity contribution in [2.24, 2.45) is 0 Å². The zero-order chi connectivity index (χ0) is 22.5. The fraction of sp³-hybridized carbons (Fsp3) is 0.464. The Kier molecular flexibility index (Phi) is 7.75. The summed E-state index contributed by atoms with van der Waals surface area (Å²) in [6.45, 7) is 13.0. The summed E-state index contributed by atoms with van der Waals surface area (Å²) in [5.41, 5.74) is 3.83. The maximum absolute atomic E-state index is 4.35. The Morgan fingerprint density at radius 3 is 2.53 bits per heavy atom. The first-order chi connectivity index (χ1) is 15.6. The third-order valence-corrected chi connectivity index (χ3v) is 8.08. The average molecular weight is 448 g/mol. The van der Waals surface area contributed by atoms with Gasteiger partial charge in [0.05, 0.1) is 0 Å². The number of allylic oxidation sites excluding steroid dienone is 6. The highest BCUT2D eigenvalue weighted by atomic mass is 32.2. The molecule has 0 aromatic carbocycles. The summed E-state index contributed by atoms with van der Waals surface area (Å²) in [5.74, 6) is 0. The van der Waals surface area contributed by atoms with Crippen LogP contribution in [-0.2, 0) is 0 Å². The van der Waals surface area contributed by atoms with Crippen molar-refractivity contribution < 1.29 is 0 Å². The lowest BCUT2D eigenvalue weighted by Gasteiger charge is -2.46. The van der Waals surface area contributed by atoms with E-state index in [1.165, 1.54) is 65.3 Å². The van der Waals surface area contributed by atoms with E-state index in [1.54, 1.807) is 0 Å². The summed E-state index contributed by atoms with van der Waals surface area (Å²) in [4.78, 5) is 12.3. The molecule has 4 heterocycles. The van der Waals surface area contributed by atoms with Gasteiger partial charge in [-0.15, -0.1) is 0 Å². The molecule has 0 aliphatic carbocycles. The fourth-order valence-electron chi connectivity index (χ4n) is 5.64. The van der Waals surface area contributed by atoms with Crippen LogP contribution in [0.3, 0.4) is 0 Å². The van der Waals surface area contributed by atoms with E-state index in [4.69, 9.17) is 0 Å². The second-order valence-corrected chi connectivity index (χ2v) is 10.5. The van der Waals surface area contributed by atoms with Crippen molar-refractivity contribution in [3.05, 3.63) is 82.6 Å². The van der Waals surface area contributed by atoms with Crippen molar-refractivity contribution in [2.45, 2.75) is 71.0 Å². The van der Waals surface area contributed by atoms with Crippen LogP contribution in [0.5, 0.6) is 0 Å². The van der Waals surface area contributed by atoms with Gasteiger partial charge in [0.15, 0.2) is 0 Å². The number of aromatic nitrogens is 1. The molecule has 32 heavy (non-hydrogen) atoms. The smallest absolute Gasteiger partial charge is 0.0489 e. The van der Waals surface area contributed by atoms with Crippen LogP contribution in [0.1, 0.15) is 58.4 Å². The summed E-state index contributed by atoms with van der Waals surface area (Å²) in [6.07, 6.45) is 21.5. The molecule has 2 bridgehead atoms. The molecular formula is C28H37N3S. The average Bonchev–Trinajstić information content (AvgIpc) is 3.02. The lowest BCUT2D eigenvalue weighted by Crippen LogP contribution is -2.51. The molecule has 2 unspecified atom stereocenters. The number of hydrogen-bond donors (Lipinski definition) is 0. The summed E-state index contributed by atoms with van der Waals surface area (Å²) in [7, 11) is 0. The quantitative estimate of drug-likeness (QED) is 0.338. The third-order valence-electron chi connectivity index (χ3n) is 7.15. The molecule has 170 valence electrons. The Bertz CT molecular complexity index is 913. The number of piperidine rings is 1. The predicted molar refractivity (Wildman–Crippen MR) is 139 cm³/mol. The Morgan fingerprint density at radius 1 is 1.16 bits per heavy atom. The topological polar surface area (TPSA) is 19.4 Å². The van der Waals surface area contributed by atoms with Gasteiger partial charge in [-0.05, 0) is 82.2 Å². The van der Waals surface area contributed by atoms with E-state index in [0.717, 1.165) is 18.6 Å². The van der Waals surface area contributed by atoms with E-state index >= 15 is 0 Å². The minimum absolute atomic E-state index is 0.604. The molecule has 3 nitrogen and oxygen atoms in total. The number of fused-ring (bicyclic) bond motifs is 2. The summed E-state index contributed by atoms with van der Waals surface area (Å²) < 4.78 is 0. The van der Waals surface area contributed by atoms with Crippen LogP contribution >= 0.6 is 11.8 Å². The van der Waals surface area contributed by atoms with Crippen molar-refractivity contribution in [2.75, 3.05) is 13.1 Å². The lowest BCUT2D eigenvalue weighted by atomic mass is 9.94.